The molecule has 1 aliphatic rings. The minimum Gasteiger partial charge on any atom is -0.493 e. The molecule has 0 radical (unpaired) electrons. The van der Waals surface area contributed by atoms with Crippen LogP contribution in [-0.4, -0.2) is 58.3 Å². The fourth-order valence-corrected chi connectivity index (χ4v) is 3.62. The molecule has 1 atom stereocenters. The Labute approximate surface area is 161 Å². The number of ether oxygens (including phenoxy) is 1. The van der Waals surface area contributed by atoms with Crippen molar-refractivity contribution in [2.75, 3.05) is 32.8 Å². The summed E-state index contributed by atoms with van der Waals surface area (Å²) in [5.41, 5.74) is 1.11. The fourth-order valence-electron chi connectivity index (χ4n) is 3.62. The third-order valence-corrected chi connectivity index (χ3v) is 5.16. The standard InChI is InChI=1S/C21H30N4O2/c1-3-23(4-2)14-18-15-24(17-19-10-12-22-25(19)16-18)21(26)11-13-27-20-8-6-5-7-9-20/h5-10,12,18H,3-4,11,13-17H2,1-2H3/t18-/m1/s1. The molecule has 1 aromatic heterocycles. The number of hydrogen-bond acceptors (Lipinski definition) is 4. The van der Waals surface area contributed by atoms with E-state index < -0.39 is 0 Å². The van der Waals surface area contributed by atoms with Crippen molar-refractivity contribution in [3.05, 3.63) is 48.3 Å². The Morgan fingerprint density at radius 3 is 2.70 bits per heavy atom. The molecule has 6 nitrogen and oxygen atoms in total. The summed E-state index contributed by atoms with van der Waals surface area (Å²) in [4.78, 5) is 17.2. The summed E-state index contributed by atoms with van der Waals surface area (Å²) >= 11 is 0. The van der Waals surface area contributed by atoms with E-state index in [1.54, 1.807) is 0 Å². The first kappa shape index (κ1) is 19.4. The molecule has 3 rings (SSSR count). The van der Waals surface area contributed by atoms with Crippen molar-refractivity contribution < 1.29 is 9.53 Å². The Hall–Kier alpha value is -2.34. The predicted molar refractivity (Wildman–Crippen MR) is 105 cm³/mol. The molecule has 0 bridgehead atoms. The molecule has 0 aliphatic carbocycles. The van der Waals surface area contributed by atoms with E-state index in [-0.39, 0.29) is 5.91 Å². The van der Waals surface area contributed by atoms with Crippen molar-refractivity contribution in [3.63, 3.8) is 0 Å². The molecule has 6 heteroatoms. The van der Waals surface area contributed by atoms with Crippen molar-refractivity contribution in [1.29, 1.82) is 0 Å². The van der Waals surface area contributed by atoms with E-state index >= 15 is 0 Å². The zero-order chi connectivity index (χ0) is 19.1. The van der Waals surface area contributed by atoms with Gasteiger partial charge in [-0.1, -0.05) is 32.0 Å². The van der Waals surface area contributed by atoms with Gasteiger partial charge in [-0.3, -0.25) is 9.48 Å². The van der Waals surface area contributed by atoms with Crippen molar-refractivity contribution >= 4 is 5.91 Å². The number of carbonyl (C=O) groups is 1. The van der Waals surface area contributed by atoms with Crippen LogP contribution < -0.4 is 4.74 Å². The second kappa shape index (κ2) is 9.55. The van der Waals surface area contributed by atoms with Gasteiger partial charge >= 0.3 is 0 Å². The van der Waals surface area contributed by atoms with Gasteiger partial charge in [-0.2, -0.15) is 5.10 Å². The van der Waals surface area contributed by atoms with Crippen LogP contribution in [0.4, 0.5) is 0 Å². The monoisotopic (exact) mass is 370 g/mol. The van der Waals surface area contributed by atoms with E-state index in [1.807, 2.05) is 47.5 Å². The maximum Gasteiger partial charge on any atom is 0.226 e. The zero-order valence-corrected chi connectivity index (χ0v) is 16.4. The molecule has 0 fully saturated rings. The number of fused-ring (bicyclic) bond motifs is 1. The minimum absolute atomic E-state index is 0.144. The van der Waals surface area contributed by atoms with E-state index in [0.29, 0.717) is 25.5 Å². The minimum atomic E-state index is 0.144. The Balaban J connectivity index is 1.61. The molecule has 0 N–H and O–H groups in total. The lowest BCUT2D eigenvalue weighted by Crippen LogP contribution is -2.39. The summed E-state index contributed by atoms with van der Waals surface area (Å²) in [5.74, 6) is 1.33. The number of rotatable bonds is 8. The Morgan fingerprint density at radius 2 is 1.96 bits per heavy atom. The Morgan fingerprint density at radius 1 is 1.19 bits per heavy atom. The molecule has 0 saturated heterocycles. The Kier molecular flexibility index (Phi) is 6.87. The number of nitrogens with zero attached hydrogens (tertiary/aromatic N) is 4. The van der Waals surface area contributed by atoms with Crippen LogP contribution in [0.3, 0.4) is 0 Å². The molecule has 1 aromatic carbocycles. The molecular weight excluding hydrogens is 340 g/mol. The van der Waals surface area contributed by atoms with E-state index in [4.69, 9.17) is 4.74 Å². The van der Waals surface area contributed by atoms with Gasteiger partial charge in [-0.25, -0.2) is 0 Å². The van der Waals surface area contributed by atoms with Crippen molar-refractivity contribution in [1.82, 2.24) is 19.6 Å². The van der Waals surface area contributed by atoms with Gasteiger partial charge < -0.3 is 14.5 Å². The number of benzene rings is 1. The van der Waals surface area contributed by atoms with Gasteiger partial charge in [0.1, 0.15) is 5.75 Å². The third-order valence-electron chi connectivity index (χ3n) is 5.16. The summed E-state index contributed by atoms with van der Waals surface area (Å²) in [5, 5.41) is 4.46. The average molecular weight is 370 g/mol. The first-order chi connectivity index (χ1) is 13.2. The van der Waals surface area contributed by atoms with Gasteiger partial charge in [0, 0.05) is 31.7 Å². The Bertz CT molecular complexity index is 712. The lowest BCUT2D eigenvalue weighted by molar-refractivity contribution is -0.133. The highest BCUT2D eigenvalue weighted by Gasteiger charge is 2.26. The molecular formula is C21H30N4O2. The number of hydrogen-bond donors (Lipinski definition) is 0. The molecule has 27 heavy (non-hydrogen) atoms. The third kappa shape index (κ3) is 5.32. The molecule has 1 aliphatic heterocycles. The van der Waals surface area contributed by atoms with Gasteiger partial charge in [0.05, 0.1) is 25.3 Å². The molecule has 2 heterocycles. The molecule has 0 unspecified atom stereocenters. The van der Waals surface area contributed by atoms with Crippen LogP contribution in [0, 0.1) is 5.92 Å². The van der Waals surface area contributed by atoms with E-state index in [9.17, 15) is 4.79 Å². The lowest BCUT2D eigenvalue weighted by atomic mass is 10.1. The molecule has 1 amide bonds. The second-order valence-electron chi connectivity index (χ2n) is 7.04. The van der Waals surface area contributed by atoms with Crippen molar-refractivity contribution in [3.8, 4) is 5.75 Å². The maximum atomic E-state index is 12.8. The first-order valence-corrected chi connectivity index (χ1v) is 9.88. The smallest absolute Gasteiger partial charge is 0.226 e. The zero-order valence-electron chi connectivity index (χ0n) is 16.4. The largest absolute Gasteiger partial charge is 0.493 e. The van der Waals surface area contributed by atoms with Crippen LogP contribution in [0.2, 0.25) is 0 Å². The highest BCUT2D eigenvalue weighted by Crippen LogP contribution is 2.18. The highest BCUT2D eigenvalue weighted by atomic mass is 16.5. The van der Waals surface area contributed by atoms with Crippen LogP contribution in [0.1, 0.15) is 26.0 Å². The average Bonchev–Trinajstić information content (AvgIpc) is 3.05. The van der Waals surface area contributed by atoms with Crippen molar-refractivity contribution in [2.45, 2.75) is 33.4 Å². The van der Waals surface area contributed by atoms with Gasteiger partial charge in [0.25, 0.3) is 0 Å². The summed E-state index contributed by atoms with van der Waals surface area (Å²) in [7, 11) is 0. The van der Waals surface area contributed by atoms with Crippen LogP contribution >= 0.6 is 0 Å². The number of carbonyl (C=O) groups excluding carboxylic acids is 1. The lowest BCUT2D eigenvalue weighted by Gasteiger charge is -2.28. The van der Waals surface area contributed by atoms with Crippen LogP contribution in [0.15, 0.2) is 42.6 Å². The van der Waals surface area contributed by atoms with Gasteiger partial charge in [0.15, 0.2) is 0 Å². The SMILES string of the molecule is CCN(CC)C[C@@H]1CN(C(=O)CCOc2ccccc2)Cc2ccnn2C1. The quantitative estimate of drug-likeness (QED) is 0.717. The second-order valence-corrected chi connectivity index (χ2v) is 7.04. The summed E-state index contributed by atoms with van der Waals surface area (Å²) in [6, 6.07) is 11.7. The summed E-state index contributed by atoms with van der Waals surface area (Å²) < 4.78 is 7.76. The normalized spacial score (nSPS) is 16.9. The van der Waals surface area contributed by atoms with E-state index in [0.717, 1.165) is 44.2 Å². The summed E-state index contributed by atoms with van der Waals surface area (Å²) in [6.45, 7) is 10.1. The van der Waals surface area contributed by atoms with Crippen LogP contribution in [-0.2, 0) is 17.9 Å². The topological polar surface area (TPSA) is 50.6 Å². The van der Waals surface area contributed by atoms with Crippen LogP contribution in [0.25, 0.3) is 0 Å². The van der Waals surface area contributed by atoms with Gasteiger partial charge in [-0.05, 0) is 31.3 Å². The van der Waals surface area contributed by atoms with Gasteiger partial charge in [-0.15, -0.1) is 0 Å². The summed E-state index contributed by atoms with van der Waals surface area (Å²) in [6.07, 6.45) is 2.22. The first-order valence-electron chi connectivity index (χ1n) is 9.88. The predicted octanol–water partition coefficient (Wildman–Crippen LogP) is 2.65. The molecule has 2 aromatic rings. The van der Waals surface area contributed by atoms with Crippen LogP contribution in [0.5, 0.6) is 5.75 Å². The number of amides is 1. The maximum absolute atomic E-state index is 12.8. The van der Waals surface area contributed by atoms with E-state index in [1.165, 1.54) is 0 Å². The van der Waals surface area contributed by atoms with Gasteiger partial charge in [0.2, 0.25) is 5.91 Å². The molecule has 146 valence electrons. The number of para-hydroxylation sites is 1. The highest BCUT2D eigenvalue weighted by molar-refractivity contribution is 5.76. The molecule has 0 spiro atoms. The van der Waals surface area contributed by atoms with E-state index in [2.05, 4.69) is 28.5 Å². The number of aromatic nitrogens is 2. The van der Waals surface area contributed by atoms with Crippen molar-refractivity contribution in [2.24, 2.45) is 5.92 Å². The molecule has 0 saturated carbocycles. The fraction of sp³-hybridized carbons (Fsp3) is 0.524.